The monoisotopic (exact) mass is 389 g/mol. The van der Waals surface area contributed by atoms with Crippen molar-refractivity contribution in [1.29, 1.82) is 0 Å². The van der Waals surface area contributed by atoms with Crippen molar-refractivity contribution in [2.24, 2.45) is 0 Å². The largest absolute Gasteiger partial charge is 0.484 e. The highest BCUT2D eigenvalue weighted by molar-refractivity contribution is 7.91. The zero-order valence-corrected chi connectivity index (χ0v) is 16.0. The molecule has 1 aliphatic rings. The summed E-state index contributed by atoms with van der Waals surface area (Å²) in [4.78, 5) is 18.3. The fourth-order valence-electron chi connectivity index (χ4n) is 3.15. The first kappa shape index (κ1) is 19.2. The van der Waals surface area contributed by atoms with Crippen molar-refractivity contribution in [3.8, 4) is 5.75 Å². The average Bonchev–Trinajstić information content (AvgIpc) is 3.02. The van der Waals surface area contributed by atoms with E-state index in [1.54, 1.807) is 24.4 Å². The lowest BCUT2D eigenvalue weighted by atomic mass is 10.2. The highest BCUT2D eigenvalue weighted by Crippen LogP contribution is 2.24. The van der Waals surface area contributed by atoms with Crippen LogP contribution in [0.2, 0.25) is 0 Å². The Hall–Kier alpha value is -2.61. The number of sulfone groups is 1. The maximum absolute atomic E-state index is 12.0. The van der Waals surface area contributed by atoms with Gasteiger partial charge >= 0.3 is 0 Å². The molecule has 1 fully saturated rings. The molecule has 1 atom stereocenters. The van der Waals surface area contributed by atoms with Gasteiger partial charge in [0.1, 0.15) is 11.6 Å². The van der Waals surface area contributed by atoms with Gasteiger partial charge < -0.3 is 15.0 Å². The van der Waals surface area contributed by atoms with Crippen LogP contribution in [0.5, 0.6) is 5.75 Å². The minimum Gasteiger partial charge on any atom is -0.484 e. The molecule has 1 aromatic carbocycles. The Kier molecular flexibility index (Phi) is 5.95. The van der Waals surface area contributed by atoms with E-state index in [0.29, 0.717) is 24.5 Å². The van der Waals surface area contributed by atoms with E-state index in [1.807, 2.05) is 36.1 Å². The average molecular weight is 389 g/mol. The number of aromatic nitrogens is 1. The van der Waals surface area contributed by atoms with E-state index in [4.69, 9.17) is 4.74 Å². The first-order valence-corrected chi connectivity index (χ1v) is 10.7. The number of amides is 1. The second-order valence-electron chi connectivity index (χ2n) is 6.39. The van der Waals surface area contributed by atoms with Gasteiger partial charge in [-0.25, -0.2) is 13.4 Å². The maximum atomic E-state index is 12.0. The smallest absolute Gasteiger partial charge is 0.263 e. The van der Waals surface area contributed by atoms with Crippen molar-refractivity contribution in [3.63, 3.8) is 0 Å². The quantitative estimate of drug-likeness (QED) is 0.780. The number of nitrogens with one attached hydrogen (secondary N) is 1. The first-order chi connectivity index (χ1) is 13.0. The Morgan fingerprint density at radius 3 is 2.63 bits per heavy atom. The van der Waals surface area contributed by atoms with Crippen LogP contribution in [0.3, 0.4) is 0 Å². The van der Waals surface area contributed by atoms with Crippen LogP contribution < -0.4 is 15.0 Å². The number of carbonyl (C=O) groups excluding carboxylic acids is 1. The van der Waals surface area contributed by atoms with Crippen LogP contribution in [0.25, 0.3) is 0 Å². The fraction of sp³-hybridized carbons (Fsp3) is 0.368. The van der Waals surface area contributed by atoms with E-state index in [-0.39, 0.29) is 30.1 Å². The third-order valence-electron chi connectivity index (χ3n) is 4.45. The van der Waals surface area contributed by atoms with Crippen molar-refractivity contribution in [1.82, 2.24) is 4.98 Å². The SMILES string of the molecule is CCN(c1ccc(NC(=O)COc2ccccc2)nc1)C1CCS(=O)(=O)C1. The number of carbonyl (C=O) groups is 1. The second-order valence-corrected chi connectivity index (χ2v) is 8.62. The summed E-state index contributed by atoms with van der Waals surface area (Å²) in [5, 5.41) is 2.69. The number of hydrogen-bond acceptors (Lipinski definition) is 6. The molecule has 2 aromatic rings. The van der Waals surface area contributed by atoms with Gasteiger partial charge in [0.2, 0.25) is 0 Å². The number of ether oxygens (including phenoxy) is 1. The molecule has 0 radical (unpaired) electrons. The van der Waals surface area contributed by atoms with Crippen molar-refractivity contribution in [2.75, 3.05) is 34.9 Å². The standard InChI is InChI=1S/C19H23N3O4S/c1-2-22(16-10-11-27(24,25)14-16)15-8-9-18(20-12-15)21-19(23)13-26-17-6-4-3-5-7-17/h3-9,12,16H,2,10-11,13-14H2,1H3,(H,20,21,23). The number of para-hydroxylation sites is 1. The summed E-state index contributed by atoms with van der Waals surface area (Å²) >= 11 is 0. The minimum absolute atomic E-state index is 0.0264. The molecule has 0 spiro atoms. The van der Waals surface area contributed by atoms with E-state index in [1.165, 1.54) is 0 Å². The lowest BCUT2D eigenvalue weighted by Crippen LogP contribution is -2.36. The van der Waals surface area contributed by atoms with Crippen molar-refractivity contribution < 1.29 is 17.9 Å². The van der Waals surface area contributed by atoms with Crippen LogP contribution in [0.1, 0.15) is 13.3 Å². The normalized spacial score (nSPS) is 18.0. The summed E-state index contributed by atoms with van der Waals surface area (Å²) in [6, 6.07) is 12.6. The Morgan fingerprint density at radius 2 is 2.04 bits per heavy atom. The van der Waals surface area contributed by atoms with Crippen LogP contribution in [0, 0.1) is 0 Å². The number of pyridine rings is 1. The predicted octanol–water partition coefficient (Wildman–Crippen LogP) is 2.11. The van der Waals surface area contributed by atoms with Gasteiger partial charge in [-0.2, -0.15) is 0 Å². The first-order valence-electron chi connectivity index (χ1n) is 8.87. The molecule has 3 rings (SSSR count). The number of anilines is 2. The molecular formula is C19H23N3O4S. The minimum atomic E-state index is -2.94. The van der Waals surface area contributed by atoms with Gasteiger partial charge in [0.05, 0.1) is 23.4 Å². The molecule has 8 heteroatoms. The third kappa shape index (κ3) is 5.19. The van der Waals surface area contributed by atoms with E-state index in [0.717, 1.165) is 5.69 Å². The van der Waals surface area contributed by atoms with Gasteiger partial charge in [0.25, 0.3) is 5.91 Å². The molecule has 0 saturated carbocycles. The van der Waals surface area contributed by atoms with Crippen LogP contribution in [0.15, 0.2) is 48.7 Å². The summed E-state index contributed by atoms with van der Waals surface area (Å²) in [5.74, 6) is 1.16. The number of nitrogens with zero attached hydrogens (tertiary/aromatic N) is 2. The Balaban J connectivity index is 1.57. The molecule has 144 valence electrons. The van der Waals surface area contributed by atoms with Gasteiger partial charge in [-0.3, -0.25) is 4.79 Å². The lowest BCUT2D eigenvalue weighted by Gasteiger charge is -2.28. The maximum Gasteiger partial charge on any atom is 0.263 e. The van der Waals surface area contributed by atoms with Gasteiger partial charge in [0, 0.05) is 12.6 Å². The number of rotatable bonds is 7. The number of hydrogen-bond donors (Lipinski definition) is 1. The topological polar surface area (TPSA) is 88.6 Å². The van der Waals surface area contributed by atoms with Crippen LogP contribution >= 0.6 is 0 Å². The molecule has 1 amide bonds. The molecule has 2 heterocycles. The van der Waals surface area contributed by atoms with E-state index in [2.05, 4.69) is 10.3 Å². The summed E-state index contributed by atoms with van der Waals surface area (Å²) in [7, 11) is -2.94. The highest BCUT2D eigenvalue weighted by Gasteiger charge is 2.31. The molecule has 7 nitrogen and oxygen atoms in total. The van der Waals surface area contributed by atoms with Crippen LogP contribution in [-0.4, -0.2) is 50.0 Å². The van der Waals surface area contributed by atoms with Gasteiger partial charge in [-0.1, -0.05) is 18.2 Å². The molecule has 1 N–H and O–H groups in total. The summed E-state index contributed by atoms with van der Waals surface area (Å²) in [6.07, 6.45) is 2.29. The molecule has 1 aromatic heterocycles. The Morgan fingerprint density at radius 1 is 1.26 bits per heavy atom. The van der Waals surface area contributed by atoms with E-state index >= 15 is 0 Å². The molecule has 1 saturated heterocycles. The lowest BCUT2D eigenvalue weighted by molar-refractivity contribution is -0.118. The molecular weight excluding hydrogens is 366 g/mol. The molecule has 1 aliphatic heterocycles. The van der Waals surface area contributed by atoms with E-state index in [9.17, 15) is 13.2 Å². The fourth-order valence-corrected chi connectivity index (χ4v) is 4.88. The second kappa shape index (κ2) is 8.39. The van der Waals surface area contributed by atoms with Gasteiger partial charge in [-0.05, 0) is 37.6 Å². The Labute approximate surface area is 159 Å². The van der Waals surface area contributed by atoms with Crippen LogP contribution in [0.4, 0.5) is 11.5 Å². The van der Waals surface area contributed by atoms with Gasteiger partial charge in [0.15, 0.2) is 16.4 Å². The summed E-state index contributed by atoms with van der Waals surface area (Å²) in [5.41, 5.74) is 0.845. The zero-order valence-electron chi connectivity index (χ0n) is 15.2. The van der Waals surface area contributed by atoms with Crippen molar-refractivity contribution in [3.05, 3.63) is 48.7 Å². The molecule has 1 unspecified atom stereocenters. The van der Waals surface area contributed by atoms with E-state index < -0.39 is 9.84 Å². The third-order valence-corrected chi connectivity index (χ3v) is 6.20. The van der Waals surface area contributed by atoms with Crippen molar-refractivity contribution >= 4 is 27.2 Å². The molecule has 0 aliphatic carbocycles. The van der Waals surface area contributed by atoms with Crippen molar-refractivity contribution in [2.45, 2.75) is 19.4 Å². The van der Waals surface area contributed by atoms with Gasteiger partial charge in [-0.15, -0.1) is 0 Å². The predicted molar refractivity (Wildman–Crippen MR) is 105 cm³/mol. The highest BCUT2D eigenvalue weighted by atomic mass is 32.2. The summed E-state index contributed by atoms with van der Waals surface area (Å²) < 4.78 is 28.9. The summed E-state index contributed by atoms with van der Waals surface area (Å²) in [6.45, 7) is 2.58. The zero-order chi connectivity index (χ0) is 19.3. The van der Waals surface area contributed by atoms with Crippen LogP contribution in [-0.2, 0) is 14.6 Å². The molecule has 0 bridgehead atoms. The Bertz CT molecular complexity index is 870. The number of benzene rings is 1. The molecule has 27 heavy (non-hydrogen) atoms.